The predicted molar refractivity (Wildman–Crippen MR) is 74.9 cm³/mol. The minimum absolute atomic E-state index is 0.443. The lowest BCUT2D eigenvalue weighted by atomic mass is 9.92. The van der Waals surface area contributed by atoms with Crippen molar-refractivity contribution in [3.8, 4) is 0 Å². The van der Waals surface area contributed by atoms with Gasteiger partial charge in [0.15, 0.2) is 0 Å². The Morgan fingerprint density at radius 1 is 1.11 bits per heavy atom. The molecule has 0 aliphatic carbocycles. The number of hydrogen-bond acceptors (Lipinski definition) is 1. The van der Waals surface area contributed by atoms with Crippen molar-refractivity contribution in [3.63, 3.8) is 0 Å². The molecule has 0 bridgehead atoms. The topological polar surface area (TPSA) is 57.5 Å². The molecule has 1 aromatic carbocycles. The van der Waals surface area contributed by atoms with Gasteiger partial charge in [-0.25, -0.2) is 0 Å². The first-order valence-electron chi connectivity index (χ1n) is 6.52. The summed E-state index contributed by atoms with van der Waals surface area (Å²) in [5, 5.41) is -0.917. The number of benzene rings is 1. The first-order valence-corrected chi connectivity index (χ1v) is 8.13. The van der Waals surface area contributed by atoms with E-state index in [1.807, 2.05) is 32.0 Å². The van der Waals surface area contributed by atoms with E-state index in [0.29, 0.717) is 19.3 Å². The second-order valence-electron chi connectivity index (χ2n) is 4.83. The van der Waals surface area contributed by atoms with Gasteiger partial charge in [0.25, 0.3) is 0 Å². The lowest BCUT2D eigenvalue weighted by Gasteiger charge is -2.32. The average molecular weight is 270 g/mol. The maximum Gasteiger partial charge on any atom is 0.331 e. The van der Waals surface area contributed by atoms with Crippen LogP contribution in [0.25, 0.3) is 0 Å². The van der Waals surface area contributed by atoms with Crippen LogP contribution < -0.4 is 0 Å². The summed E-state index contributed by atoms with van der Waals surface area (Å²) in [6.45, 7) is 5.79. The van der Waals surface area contributed by atoms with Crippen molar-refractivity contribution < 1.29 is 14.4 Å². The Morgan fingerprint density at radius 3 is 2.11 bits per heavy atom. The van der Waals surface area contributed by atoms with Gasteiger partial charge < -0.3 is 9.79 Å². The van der Waals surface area contributed by atoms with Gasteiger partial charge >= 0.3 is 7.60 Å². The third-order valence-corrected chi connectivity index (χ3v) is 5.89. The quantitative estimate of drug-likeness (QED) is 0.777. The van der Waals surface area contributed by atoms with Crippen LogP contribution in [-0.4, -0.2) is 14.9 Å². The minimum Gasteiger partial charge on any atom is -0.324 e. The molecule has 0 fully saturated rings. The normalized spacial score (nSPS) is 12.7. The zero-order valence-corrected chi connectivity index (χ0v) is 12.3. The highest BCUT2D eigenvalue weighted by Crippen LogP contribution is 2.56. The summed E-state index contributed by atoms with van der Waals surface area (Å²) in [6, 6.07) is 8.01. The largest absolute Gasteiger partial charge is 0.331 e. The number of aryl methyl sites for hydroxylation is 1. The van der Waals surface area contributed by atoms with Gasteiger partial charge in [0.2, 0.25) is 0 Å². The molecule has 1 aromatic rings. The Morgan fingerprint density at radius 2 is 1.67 bits per heavy atom. The molecule has 0 spiro atoms. The second-order valence-corrected chi connectivity index (χ2v) is 6.86. The lowest BCUT2D eigenvalue weighted by Crippen LogP contribution is -2.30. The first kappa shape index (κ1) is 15.4. The van der Waals surface area contributed by atoms with E-state index in [2.05, 4.69) is 13.0 Å². The average Bonchev–Trinajstić information content (AvgIpc) is 2.34. The maximum absolute atomic E-state index is 11.8. The summed E-state index contributed by atoms with van der Waals surface area (Å²) in [5.41, 5.74) is 2.22. The van der Waals surface area contributed by atoms with Gasteiger partial charge in [-0.05, 0) is 36.8 Å². The molecule has 1 rings (SSSR count). The van der Waals surface area contributed by atoms with Gasteiger partial charge in [-0.15, -0.1) is 0 Å². The number of hydrogen-bond donors (Lipinski definition) is 2. The standard InChI is InChI=1S/C14H23O3P/c1-4-12-8-7-9-13(10-12)11-14(5-2,6-3)18(15,16)17/h7-10H,4-6,11H2,1-3H3,(H2,15,16,17). The van der Waals surface area contributed by atoms with Crippen molar-refractivity contribution in [2.24, 2.45) is 0 Å². The van der Waals surface area contributed by atoms with E-state index in [9.17, 15) is 14.4 Å². The Hall–Kier alpha value is -0.630. The van der Waals surface area contributed by atoms with Gasteiger partial charge in [-0.3, -0.25) is 4.57 Å². The van der Waals surface area contributed by atoms with Crippen LogP contribution in [0.5, 0.6) is 0 Å². The molecule has 0 amide bonds. The molecule has 4 heteroatoms. The van der Waals surface area contributed by atoms with Crippen LogP contribution in [0.1, 0.15) is 44.7 Å². The fraction of sp³-hybridized carbons (Fsp3) is 0.571. The van der Waals surface area contributed by atoms with Crippen molar-refractivity contribution in [2.75, 3.05) is 0 Å². The SMILES string of the molecule is CCc1cccc(CC(CC)(CC)P(=O)(O)O)c1. The van der Waals surface area contributed by atoms with E-state index in [1.54, 1.807) is 0 Å². The van der Waals surface area contributed by atoms with Crippen LogP contribution in [0, 0.1) is 0 Å². The molecule has 0 unspecified atom stereocenters. The highest BCUT2D eigenvalue weighted by Gasteiger charge is 2.43. The van der Waals surface area contributed by atoms with Gasteiger partial charge in [-0.1, -0.05) is 45.0 Å². The smallest absolute Gasteiger partial charge is 0.324 e. The third-order valence-electron chi connectivity index (χ3n) is 3.87. The Kier molecular flexibility index (Phi) is 5.15. The van der Waals surface area contributed by atoms with E-state index in [1.165, 1.54) is 5.56 Å². The summed E-state index contributed by atoms with van der Waals surface area (Å²) in [6.07, 6.45) is 2.36. The molecule has 102 valence electrons. The molecule has 0 aliphatic heterocycles. The van der Waals surface area contributed by atoms with Gasteiger partial charge in [-0.2, -0.15) is 0 Å². The zero-order chi connectivity index (χ0) is 13.8. The van der Waals surface area contributed by atoms with E-state index in [4.69, 9.17) is 0 Å². The summed E-state index contributed by atoms with van der Waals surface area (Å²) in [5.74, 6) is 0. The number of rotatable bonds is 6. The fourth-order valence-corrected chi connectivity index (χ4v) is 3.57. The van der Waals surface area contributed by atoms with E-state index < -0.39 is 12.8 Å². The van der Waals surface area contributed by atoms with Crippen LogP contribution in [-0.2, 0) is 17.4 Å². The minimum atomic E-state index is -4.10. The molecule has 3 nitrogen and oxygen atoms in total. The zero-order valence-electron chi connectivity index (χ0n) is 11.4. The highest BCUT2D eigenvalue weighted by molar-refractivity contribution is 7.53. The van der Waals surface area contributed by atoms with Crippen molar-refractivity contribution in [2.45, 2.75) is 51.6 Å². The van der Waals surface area contributed by atoms with Crippen molar-refractivity contribution in [1.29, 1.82) is 0 Å². The first-order chi connectivity index (χ1) is 8.38. The second kappa shape index (κ2) is 6.01. The Bertz CT molecular complexity index is 432. The van der Waals surface area contributed by atoms with Crippen molar-refractivity contribution in [3.05, 3.63) is 35.4 Å². The summed E-state index contributed by atoms with van der Waals surface area (Å²) < 4.78 is 11.8. The molecular formula is C14H23O3P. The van der Waals surface area contributed by atoms with Crippen LogP contribution >= 0.6 is 7.60 Å². The molecule has 0 saturated carbocycles. The molecule has 0 radical (unpaired) electrons. The molecular weight excluding hydrogens is 247 g/mol. The molecule has 0 aliphatic rings. The van der Waals surface area contributed by atoms with Crippen molar-refractivity contribution >= 4 is 7.60 Å². The molecule has 0 atom stereocenters. The Labute approximate surface area is 109 Å². The Balaban J connectivity index is 3.07. The van der Waals surface area contributed by atoms with E-state index in [-0.39, 0.29) is 0 Å². The van der Waals surface area contributed by atoms with E-state index in [0.717, 1.165) is 12.0 Å². The highest BCUT2D eigenvalue weighted by atomic mass is 31.2. The van der Waals surface area contributed by atoms with Gasteiger partial charge in [0.05, 0.1) is 5.16 Å². The van der Waals surface area contributed by atoms with E-state index >= 15 is 0 Å². The van der Waals surface area contributed by atoms with Crippen LogP contribution in [0.2, 0.25) is 0 Å². The summed E-state index contributed by atoms with van der Waals surface area (Å²) >= 11 is 0. The van der Waals surface area contributed by atoms with Gasteiger partial charge in [0.1, 0.15) is 0 Å². The van der Waals surface area contributed by atoms with Crippen LogP contribution in [0.3, 0.4) is 0 Å². The molecule has 18 heavy (non-hydrogen) atoms. The van der Waals surface area contributed by atoms with Crippen LogP contribution in [0.4, 0.5) is 0 Å². The molecule has 0 heterocycles. The van der Waals surface area contributed by atoms with Crippen LogP contribution in [0.15, 0.2) is 24.3 Å². The molecule has 0 saturated heterocycles. The predicted octanol–water partition coefficient (Wildman–Crippen LogP) is 3.53. The summed E-state index contributed by atoms with van der Waals surface area (Å²) in [7, 11) is -4.10. The monoisotopic (exact) mass is 270 g/mol. The molecule has 2 N–H and O–H groups in total. The fourth-order valence-electron chi connectivity index (χ4n) is 2.35. The third kappa shape index (κ3) is 3.23. The maximum atomic E-state index is 11.8. The lowest BCUT2D eigenvalue weighted by molar-refractivity contribution is 0.311. The van der Waals surface area contributed by atoms with Gasteiger partial charge in [0, 0.05) is 0 Å². The molecule has 0 aromatic heterocycles. The summed E-state index contributed by atoms with van der Waals surface area (Å²) in [4.78, 5) is 19.3. The van der Waals surface area contributed by atoms with Crippen molar-refractivity contribution in [1.82, 2.24) is 0 Å².